The molecule has 3 aromatic rings. The Kier molecular flexibility index (Phi) is 9.53. The summed E-state index contributed by atoms with van der Waals surface area (Å²) in [5.41, 5.74) is 12.2. The van der Waals surface area contributed by atoms with Crippen LogP contribution in [0.4, 0.5) is 11.4 Å². The maximum Gasteiger partial charge on any atom is 0.206 e. The van der Waals surface area contributed by atoms with E-state index < -0.39 is 0 Å². The van der Waals surface area contributed by atoms with Crippen molar-refractivity contribution in [1.29, 1.82) is 0 Å². The van der Waals surface area contributed by atoms with E-state index in [1.165, 1.54) is 50.3 Å². The van der Waals surface area contributed by atoms with Crippen LogP contribution in [0.1, 0.15) is 59.7 Å². The van der Waals surface area contributed by atoms with Gasteiger partial charge in [0.1, 0.15) is 13.1 Å². The van der Waals surface area contributed by atoms with Crippen molar-refractivity contribution >= 4 is 17.7 Å². The maximum atomic E-state index is 3.59. The number of anilines is 1. The molecule has 3 heteroatoms. The van der Waals surface area contributed by atoms with Crippen LogP contribution >= 0.6 is 0 Å². The monoisotopic (exact) mass is 636 g/mol. The molecule has 2 nitrogen and oxygen atoms in total. The van der Waals surface area contributed by atoms with Crippen LogP contribution in [-0.2, 0) is 27.8 Å². The predicted octanol–water partition coefficient (Wildman–Crippen LogP) is 7.39. The Morgan fingerprint density at radius 2 is 1.24 bits per heavy atom. The minimum atomic E-state index is 0. The third-order valence-electron chi connectivity index (χ3n) is 6.18. The summed E-state index contributed by atoms with van der Waals surface area (Å²) < 4.78 is 2.28. The van der Waals surface area contributed by atoms with Crippen molar-refractivity contribution in [1.82, 2.24) is 0 Å². The topological polar surface area (TPSA) is 6.25 Å². The Morgan fingerprint density at radius 1 is 0.765 bits per heavy atom. The van der Waals surface area contributed by atoms with Crippen molar-refractivity contribution in [3.05, 3.63) is 93.5 Å². The quantitative estimate of drug-likeness (QED) is 0.162. The summed E-state index contributed by atoms with van der Waals surface area (Å²) in [4.78, 5) is 2.28. The zero-order valence-electron chi connectivity index (χ0n) is 22.2. The van der Waals surface area contributed by atoms with Crippen LogP contribution in [0.3, 0.4) is 0 Å². The van der Waals surface area contributed by atoms with Gasteiger partial charge in [-0.2, -0.15) is 35.9 Å². The molecule has 3 aromatic carbocycles. The van der Waals surface area contributed by atoms with Crippen LogP contribution in [0.25, 0.3) is 0 Å². The van der Waals surface area contributed by atoms with Crippen molar-refractivity contribution in [2.45, 2.75) is 67.7 Å². The molecule has 0 fully saturated rings. The Morgan fingerprint density at radius 3 is 1.68 bits per heavy atom. The summed E-state index contributed by atoms with van der Waals surface area (Å²) in [6, 6.07) is 20.2. The Labute approximate surface area is 223 Å². The molecule has 185 valence electrons. The van der Waals surface area contributed by atoms with Crippen LogP contribution in [-0.4, -0.2) is 24.0 Å². The van der Waals surface area contributed by atoms with Gasteiger partial charge in [-0.25, -0.2) is 0 Å². The molecule has 0 N–H and O–H groups in total. The molecule has 1 heterocycles. The smallest absolute Gasteiger partial charge is 0.206 e. The van der Waals surface area contributed by atoms with Gasteiger partial charge in [-0.05, 0) is 47.0 Å². The van der Waals surface area contributed by atoms with Gasteiger partial charge < -0.3 is 9.48 Å². The fourth-order valence-corrected chi connectivity index (χ4v) is 4.85. The van der Waals surface area contributed by atoms with Gasteiger partial charge in [0.2, 0.25) is 6.34 Å². The Bertz CT molecular complexity index is 1110. The van der Waals surface area contributed by atoms with Crippen LogP contribution in [0.2, 0.25) is 0 Å². The van der Waals surface area contributed by atoms with Gasteiger partial charge in [0.05, 0.1) is 0 Å². The first-order valence-corrected chi connectivity index (χ1v) is 11.9. The second-order valence-corrected chi connectivity index (χ2v) is 10.4. The number of hydrogen-bond donors (Lipinski definition) is 0. The number of benzene rings is 3. The van der Waals surface area contributed by atoms with E-state index in [1.54, 1.807) is 0 Å². The summed E-state index contributed by atoms with van der Waals surface area (Å²) in [6.45, 7) is 21.7. The number of nitrogens with zero attached hydrogens (tertiary/aromatic N) is 2. The van der Waals surface area contributed by atoms with Gasteiger partial charge in [-0.3, -0.25) is 0 Å². The van der Waals surface area contributed by atoms with E-state index in [4.69, 9.17) is 0 Å². The van der Waals surface area contributed by atoms with Crippen LogP contribution < -0.4 is 4.90 Å². The van der Waals surface area contributed by atoms with Gasteiger partial charge in [0.15, 0.2) is 0 Å². The Balaban J connectivity index is 0.000000314. The van der Waals surface area contributed by atoms with E-state index in [-0.39, 0.29) is 27.8 Å². The van der Waals surface area contributed by atoms with E-state index in [9.17, 15) is 0 Å². The molecule has 1 radical (unpaired) electrons. The maximum absolute atomic E-state index is 3.59. The SMILES string of the molecule is CC(C)(C)c1cc[c-]cc1.Cc1cc(C)c(N2[C-]=[N+](c3c(C)cc(C)cc3C)CC2)c(C)c1.[Au]. The molecule has 4 rings (SSSR count). The van der Waals surface area contributed by atoms with Gasteiger partial charge in [0, 0.05) is 33.8 Å². The first-order chi connectivity index (χ1) is 15.5. The largest absolute Gasteiger partial charge is 0.333 e. The van der Waals surface area contributed by atoms with E-state index in [1.807, 2.05) is 12.1 Å². The summed E-state index contributed by atoms with van der Waals surface area (Å²) in [5, 5.41) is 0. The van der Waals surface area contributed by atoms with Crippen molar-refractivity contribution < 1.29 is 27.0 Å². The van der Waals surface area contributed by atoms with Gasteiger partial charge in [-0.1, -0.05) is 78.4 Å². The van der Waals surface area contributed by atoms with Gasteiger partial charge in [0.25, 0.3) is 0 Å². The number of rotatable bonds is 2. The molecule has 0 aromatic heterocycles. The molecule has 0 amide bonds. The fourth-order valence-electron chi connectivity index (χ4n) is 4.85. The number of aryl methyl sites for hydroxylation is 6. The fraction of sp³-hybridized carbons (Fsp3) is 0.387. The molecule has 0 bridgehead atoms. The minimum Gasteiger partial charge on any atom is -0.333 e. The van der Waals surface area contributed by atoms with E-state index >= 15 is 0 Å². The molecular weight excluding hydrogens is 597 g/mol. The van der Waals surface area contributed by atoms with Crippen LogP contribution in [0.15, 0.2) is 48.5 Å². The average molecular weight is 637 g/mol. The predicted molar refractivity (Wildman–Crippen MR) is 142 cm³/mol. The van der Waals surface area contributed by atoms with Crippen molar-refractivity contribution in [3.8, 4) is 0 Å². The van der Waals surface area contributed by atoms with E-state index in [0.29, 0.717) is 0 Å². The molecule has 0 saturated carbocycles. The summed E-state index contributed by atoms with van der Waals surface area (Å²) in [5.74, 6) is 0. The molecule has 0 spiro atoms. The van der Waals surface area contributed by atoms with E-state index in [2.05, 4.69) is 121 Å². The molecule has 0 atom stereocenters. The van der Waals surface area contributed by atoms with Crippen molar-refractivity contribution in [3.63, 3.8) is 0 Å². The number of hydrogen-bond acceptors (Lipinski definition) is 1. The third kappa shape index (κ3) is 6.72. The normalized spacial score (nSPS) is 13.1. The summed E-state index contributed by atoms with van der Waals surface area (Å²) in [6.07, 6.45) is 3.59. The summed E-state index contributed by atoms with van der Waals surface area (Å²) in [7, 11) is 0. The molecule has 0 unspecified atom stereocenters. The molecule has 0 aliphatic carbocycles. The zero-order valence-corrected chi connectivity index (χ0v) is 24.4. The molecular formula is C31H39AuN2-. The molecule has 1 aliphatic rings. The average Bonchev–Trinajstić information content (AvgIpc) is 3.16. The van der Waals surface area contributed by atoms with Crippen molar-refractivity contribution in [2.75, 3.05) is 18.0 Å². The zero-order chi connectivity index (χ0) is 24.3. The first-order valence-electron chi connectivity index (χ1n) is 11.9. The first kappa shape index (κ1) is 28.1. The third-order valence-corrected chi connectivity index (χ3v) is 6.18. The second kappa shape index (κ2) is 11.5. The molecule has 34 heavy (non-hydrogen) atoms. The van der Waals surface area contributed by atoms with Crippen LogP contribution in [0.5, 0.6) is 0 Å². The standard InChI is InChI=1S/C21H26N2.C10H13.Au/c1-14-9-16(3)20(17(4)10-14)22-7-8-23(13-22)21-18(5)11-15(2)12-19(21)6;1-10(2,3)9-7-5-4-6-8-9;/h9-12H,7-8H2,1-6H3;5-8H,1-3H3;/q;-1;. The Hall–Kier alpha value is -2.13. The van der Waals surface area contributed by atoms with E-state index in [0.717, 1.165) is 13.1 Å². The summed E-state index contributed by atoms with van der Waals surface area (Å²) >= 11 is 0. The van der Waals surface area contributed by atoms with Gasteiger partial charge >= 0.3 is 0 Å². The second-order valence-electron chi connectivity index (χ2n) is 10.4. The van der Waals surface area contributed by atoms with Gasteiger partial charge in [-0.15, -0.1) is 0 Å². The van der Waals surface area contributed by atoms with Crippen molar-refractivity contribution in [2.24, 2.45) is 0 Å². The minimum absolute atomic E-state index is 0. The molecule has 1 aliphatic heterocycles. The van der Waals surface area contributed by atoms with Crippen LogP contribution in [0, 0.1) is 47.6 Å². The molecule has 0 saturated heterocycles.